The van der Waals surface area contributed by atoms with Gasteiger partial charge < -0.3 is 0 Å². The summed E-state index contributed by atoms with van der Waals surface area (Å²) < 4.78 is 0. The third kappa shape index (κ3) is 4.17. The summed E-state index contributed by atoms with van der Waals surface area (Å²) in [6.45, 7) is 6.79. The van der Waals surface area contributed by atoms with Crippen molar-refractivity contribution in [3.63, 3.8) is 0 Å². The second kappa shape index (κ2) is 7.64. The fraction of sp³-hybridized carbons (Fsp3) is 0.214. The van der Waals surface area contributed by atoms with Gasteiger partial charge in [0.1, 0.15) is 0 Å². The number of benzene rings is 4. The van der Waals surface area contributed by atoms with Crippen molar-refractivity contribution in [2.75, 3.05) is 0 Å². The molecule has 28 heavy (non-hydrogen) atoms. The van der Waals surface area contributed by atoms with Crippen LogP contribution in [0.3, 0.4) is 0 Å². The molecule has 0 atom stereocenters. The van der Waals surface area contributed by atoms with E-state index in [4.69, 9.17) is 0 Å². The fourth-order valence-corrected chi connectivity index (χ4v) is 3.81. The van der Waals surface area contributed by atoms with E-state index in [9.17, 15) is 0 Å². The highest BCUT2D eigenvalue weighted by atomic mass is 14.2. The van der Waals surface area contributed by atoms with Crippen LogP contribution in [-0.4, -0.2) is 0 Å². The molecule has 140 valence electrons. The van der Waals surface area contributed by atoms with Crippen molar-refractivity contribution in [2.45, 2.75) is 39.0 Å². The molecule has 4 aromatic carbocycles. The Labute approximate surface area is 168 Å². The highest BCUT2D eigenvalue weighted by Gasteiger charge is 2.13. The molecule has 4 aromatic rings. The minimum absolute atomic E-state index is 0.201. The lowest BCUT2D eigenvalue weighted by molar-refractivity contribution is 0.590. The number of hydrogen-bond donors (Lipinski definition) is 0. The molecule has 4 rings (SSSR count). The Kier molecular flexibility index (Phi) is 5.05. The first-order valence-corrected chi connectivity index (χ1v) is 10.1. The first-order chi connectivity index (χ1) is 13.5. The summed E-state index contributed by atoms with van der Waals surface area (Å²) in [5.74, 6) is 0. The Morgan fingerprint density at radius 3 is 1.71 bits per heavy atom. The molecule has 0 fully saturated rings. The Hall–Kier alpha value is -2.86. The maximum atomic E-state index is 2.32. The normalized spacial score (nSPS) is 11.7. The summed E-state index contributed by atoms with van der Waals surface area (Å²) >= 11 is 0. The molecule has 0 heterocycles. The first kappa shape index (κ1) is 18.5. The van der Waals surface area contributed by atoms with Gasteiger partial charge in [0.25, 0.3) is 0 Å². The molecule has 0 aliphatic heterocycles. The van der Waals surface area contributed by atoms with E-state index >= 15 is 0 Å². The molecule has 0 amide bonds. The molecule has 0 N–H and O–H groups in total. The molecule has 0 heteroatoms. The summed E-state index contributed by atoms with van der Waals surface area (Å²) in [4.78, 5) is 0. The molecule has 0 aliphatic rings. The van der Waals surface area contributed by atoms with Gasteiger partial charge in [-0.1, -0.05) is 112 Å². The summed E-state index contributed by atoms with van der Waals surface area (Å²) in [6.07, 6.45) is 1.95. The molecule has 0 saturated carbocycles. The van der Waals surface area contributed by atoms with Crippen LogP contribution in [0.1, 0.15) is 48.6 Å². The standard InChI is InChI=1S/C28H28/c1-28(2,3)27-16-13-21(14-17-27)18-25-10-6-7-11-26(25)20-22-12-15-23-8-4-5-9-24(23)19-22/h4-17,19H,18,20H2,1-3H3. The van der Waals surface area contributed by atoms with Crippen molar-refractivity contribution in [3.05, 3.63) is 119 Å². The fourth-order valence-electron chi connectivity index (χ4n) is 3.81. The van der Waals surface area contributed by atoms with E-state index in [1.165, 1.54) is 38.6 Å². The van der Waals surface area contributed by atoms with Gasteiger partial charge in [0.05, 0.1) is 0 Å². The number of hydrogen-bond acceptors (Lipinski definition) is 0. The smallest absolute Gasteiger partial charge is 0.00227 e. The molecule has 0 aliphatic carbocycles. The Morgan fingerprint density at radius 2 is 1.07 bits per heavy atom. The molecule has 0 bridgehead atoms. The van der Waals surface area contributed by atoms with Gasteiger partial charge in [-0.25, -0.2) is 0 Å². The molecule has 0 unspecified atom stereocenters. The Bertz CT molecular complexity index is 1080. The summed E-state index contributed by atoms with van der Waals surface area (Å²) in [7, 11) is 0. The van der Waals surface area contributed by atoms with Crippen molar-refractivity contribution < 1.29 is 0 Å². The maximum Gasteiger partial charge on any atom is -0.00227 e. The van der Waals surface area contributed by atoms with Crippen molar-refractivity contribution in [2.24, 2.45) is 0 Å². The van der Waals surface area contributed by atoms with E-state index in [0.717, 1.165) is 12.8 Å². The van der Waals surface area contributed by atoms with E-state index in [0.29, 0.717) is 0 Å². The quantitative estimate of drug-likeness (QED) is 0.356. The van der Waals surface area contributed by atoms with Crippen LogP contribution >= 0.6 is 0 Å². The summed E-state index contributed by atoms with van der Waals surface area (Å²) in [5.41, 5.74) is 7.16. The lowest BCUT2D eigenvalue weighted by atomic mass is 9.86. The average molecular weight is 365 g/mol. The van der Waals surface area contributed by atoms with Crippen LogP contribution in [0.5, 0.6) is 0 Å². The van der Waals surface area contributed by atoms with Crippen LogP contribution in [0.15, 0.2) is 91.0 Å². The molecule has 0 nitrogen and oxygen atoms in total. The van der Waals surface area contributed by atoms with Crippen LogP contribution in [0.25, 0.3) is 10.8 Å². The van der Waals surface area contributed by atoms with Crippen LogP contribution in [-0.2, 0) is 18.3 Å². The zero-order chi connectivity index (χ0) is 19.6. The van der Waals surface area contributed by atoms with E-state index in [1.54, 1.807) is 0 Å². The zero-order valence-electron chi connectivity index (χ0n) is 17.1. The number of fused-ring (bicyclic) bond motifs is 1. The van der Waals surface area contributed by atoms with E-state index < -0.39 is 0 Å². The van der Waals surface area contributed by atoms with Crippen molar-refractivity contribution in [1.29, 1.82) is 0 Å². The van der Waals surface area contributed by atoms with Crippen molar-refractivity contribution >= 4 is 10.8 Å². The zero-order valence-corrected chi connectivity index (χ0v) is 17.1. The molecule has 0 spiro atoms. The van der Waals surface area contributed by atoms with Crippen LogP contribution in [0, 0.1) is 0 Å². The Balaban J connectivity index is 1.58. The second-order valence-electron chi connectivity index (χ2n) is 8.75. The van der Waals surface area contributed by atoms with Gasteiger partial charge in [-0.2, -0.15) is 0 Å². The SMILES string of the molecule is CC(C)(C)c1ccc(Cc2ccccc2Cc2ccc3ccccc3c2)cc1. The molecule has 0 saturated heterocycles. The van der Waals surface area contributed by atoms with Crippen LogP contribution in [0.4, 0.5) is 0 Å². The van der Waals surface area contributed by atoms with Crippen molar-refractivity contribution in [3.8, 4) is 0 Å². The third-order valence-corrected chi connectivity index (χ3v) is 5.54. The highest BCUT2D eigenvalue weighted by molar-refractivity contribution is 5.83. The predicted octanol–water partition coefficient (Wildman–Crippen LogP) is 7.32. The van der Waals surface area contributed by atoms with Gasteiger partial charge in [-0.3, -0.25) is 0 Å². The van der Waals surface area contributed by atoms with E-state index in [-0.39, 0.29) is 5.41 Å². The molecular formula is C28H28. The number of rotatable bonds is 4. The van der Waals surface area contributed by atoms with Crippen LogP contribution < -0.4 is 0 Å². The molecular weight excluding hydrogens is 336 g/mol. The average Bonchev–Trinajstić information content (AvgIpc) is 2.69. The minimum Gasteiger partial charge on any atom is -0.0620 e. The summed E-state index contributed by atoms with van der Waals surface area (Å²) in [5, 5.41) is 2.62. The van der Waals surface area contributed by atoms with Gasteiger partial charge in [-0.05, 0) is 56.8 Å². The monoisotopic (exact) mass is 364 g/mol. The molecule has 0 aromatic heterocycles. The third-order valence-electron chi connectivity index (χ3n) is 5.54. The maximum absolute atomic E-state index is 2.32. The topological polar surface area (TPSA) is 0 Å². The largest absolute Gasteiger partial charge is 0.0620 e. The second-order valence-corrected chi connectivity index (χ2v) is 8.75. The summed E-state index contributed by atoms with van der Waals surface area (Å²) in [6, 6.07) is 33.4. The lowest BCUT2D eigenvalue weighted by Crippen LogP contribution is -2.10. The van der Waals surface area contributed by atoms with Crippen molar-refractivity contribution in [1.82, 2.24) is 0 Å². The van der Waals surface area contributed by atoms with Gasteiger partial charge in [0, 0.05) is 0 Å². The van der Waals surface area contributed by atoms with Gasteiger partial charge in [-0.15, -0.1) is 0 Å². The van der Waals surface area contributed by atoms with Crippen LogP contribution in [0.2, 0.25) is 0 Å². The lowest BCUT2D eigenvalue weighted by Gasteiger charge is -2.19. The van der Waals surface area contributed by atoms with Gasteiger partial charge in [0.15, 0.2) is 0 Å². The highest BCUT2D eigenvalue weighted by Crippen LogP contribution is 2.24. The van der Waals surface area contributed by atoms with E-state index in [2.05, 4.69) is 112 Å². The van der Waals surface area contributed by atoms with Gasteiger partial charge >= 0.3 is 0 Å². The van der Waals surface area contributed by atoms with Gasteiger partial charge in [0.2, 0.25) is 0 Å². The first-order valence-electron chi connectivity index (χ1n) is 10.1. The van der Waals surface area contributed by atoms with E-state index in [1.807, 2.05) is 0 Å². The molecule has 0 radical (unpaired) electrons. The predicted molar refractivity (Wildman–Crippen MR) is 121 cm³/mol. The minimum atomic E-state index is 0.201. The Morgan fingerprint density at radius 1 is 0.536 bits per heavy atom.